The Morgan fingerprint density at radius 2 is 1.08 bits per heavy atom. The monoisotopic (exact) mass is 666 g/mol. The number of nitrogens with two attached hydrogens (primary N) is 1. The summed E-state index contributed by atoms with van der Waals surface area (Å²) in [7, 11) is 0. The van der Waals surface area contributed by atoms with E-state index in [2.05, 4.69) is 25.9 Å². The van der Waals surface area contributed by atoms with Gasteiger partial charge >= 0.3 is 11.9 Å². The van der Waals surface area contributed by atoms with Gasteiger partial charge in [0.05, 0.1) is 6.04 Å². The van der Waals surface area contributed by atoms with Crippen molar-refractivity contribution in [1.29, 1.82) is 0 Å². The predicted molar refractivity (Wildman–Crippen MR) is 182 cm³/mol. The first kappa shape index (κ1) is 34.4. The summed E-state index contributed by atoms with van der Waals surface area (Å²) >= 11 is 0. The average molecular weight is 667 g/mol. The van der Waals surface area contributed by atoms with Crippen LogP contribution in [0.1, 0.15) is 29.5 Å². The van der Waals surface area contributed by atoms with Crippen LogP contribution in [-0.2, 0) is 43.2 Å². The van der Waals surface area contributed by atoms with E-state index in [-0.39, 0.29) is 25.7 Å². The van der Waals surface area contributed by atoms with Crippen molar-refractivity contribution in [2.45, 2.75) is 56.3 Å². The predicted octanol–water partition coefficient (Wildman–Crippen LogP) is 2.41. The highest BCUT2D eigenvalue weighted by Gasteiger charge is 2.32. The molecular formula is C36H38N6O7. The van der Waals surface area contributed by atoms with Gasteiger partial charge in [0.25, 0.3) is 0 Å². The Bertz CT molecular complexity index is 1950. The highest BCUT2D eigenvalue weighted by atomic mass is 16.4. The number of aromatic amines is 2. The third-order valence-electron chi connectivity index (χ3n) is 8.36. The van der Waals surface area contributed by atoms with E-state index >= 15 is 0 Å². The molecule has 0 saturated heterocycles. The minimum Gasteiger partial charge on any atom is -0.481 e. The molecule has 13 nitrogen and oxygen atoms in total. The van der Waals surface area contributed by atoms with Crippen molar-refractivity contribution in [2.24, 2.45) is 5.73 Å². The van der Waals surface area contributed by atoms with Gasteiger partial charge < -0.3 is 41.9 Å². The Morgan fingerprint density at radius 1 is 0.612 bits per heavy atom. The molecule has 4 atom stereocenters. The summed E-state index contributed by atoms with van der Waals surface area (Å²) in [4.78, 5) is 70.6. The quantitative estimate of drug-likeness (QED) is 0.0780. The molecule has 0 aliphatic carbocycles. The smallest absolute Gasteiger partial charge is 0.326 e. The van der Waals surface area contributed by atoms with Crippen molar-refractivity contribution in [3.63, 3.8) is 0 Å². The van der Waals surface area contributed by atoms with Gasteiger partial charge in [-0.2, -0.15) is 0 Å². The average Bonchev–Trinajstić information content (AvgIpc) is 3.70. The van der Waals surface area contributed by atoms with Crippen molar-refractivity contribution in [2.75, 3.05) is 0 Å². The summed E-state index contributed by atoms with van der Waals surface area (Å²) in [5, 5.41) is 28.4. The molecule has 0 bridgehead atoms. The third-order valence-corrected chi connectivity index (χ3v) is 8.36. The maximum absolute atomic E-state index is 14.1. The topological polar surface area (TPSA) is 219 Å². The van der Waals surface area contributed by atoms with Crippen LogP contribution in [-0.4, -0.2) is 74.0 Å². The van der Waals surface area contributed by atoms with Crippen LogP contribution >= 0.6 is 0 Å². The standard InChI is InChI=1S/C36H38N6O7/c37-26(16-21-8-2-1-3-9-21)33(45)41-30(17-22-19-38-27-12-6-4-10-24(22)27)35(47)42-31(18-23-20-39-28-13-7-5-11-25(23)28)34(46)40-29(36(48)49)14-15-32(43)44/h1-13,19-20,26,29-31,38-39H,14-18,37H2,(H,40,46)(H,41,45)(H,42,47)(H,43,44)(H,48,49). The first-order valence-electron chi connectivity index (χ1n) is 15.8. The number of para-hydroxylation sites is 2. The summed E-state index contributed by atoms with van der Waals surface area (Å²) in [5.74, 6) is -4.72. The van der Waals surface area contributed by atoms with E-state index in [1.165, 1.54) is 0 Å². The molecular weight excluding hydrogens is 628 g/mol. The second-order valence-corrected chi connectivity index (χ2v) is 11.9. The molecule has 0 aliphatic rings. The Hall–Kier alpha value is -5.95. The Balaban J connectivity index is 1.42. The largest absolute Gasteiger partial charge is 0.481 e. The van der Waals surface area contributed by atoms with Crippen molar-refractivity contribution in [3.8, 4) is 0 Å². The summed E-state index contributed by atoms with van der Waals surface area (Å²) in [6.45, 7) is 0. The van der Waals surface area contributed by atoms with Crippen LogP contribution in [0.15, 0.2) is 91.3 Å². The van der Waals surface area contributed by atoms with Crippen LogP contribution in [0.5, 0.6) is 0 Å². The molecule has 0 spiro atoms. The number of nitrogens with one attached hydrogen (secondary N) is 5. The Morgan fingerprint density at radius 3 is 1.59 bits per heavy atom. The lowest BCUT2D eigenvalue weighted by atomic mass is 10.0. The van der Waals surface area contributed by atoms with Gasteiger partial charge in [0.15, 0.2) is 0 Å². The number of aliphatic carboxylic acids is 2. The van der Waals surface area contributed by atoms with Crippen molar-refractivity contribution < 1.29 is 34.2 Å². The number of carbonyl (C=O) groups excluding carboxylic acids is 3. The van der Waals surface area contributed by atoms with E-state index < -0.39 is 60.2 Å². The first-order valence-corrected chi connectivity index (χ1v) is 15.8. The molecule has 2 heterocycles. The van der Waals surface area contributed by atoms with Gasteiger partial charge in [-0.25, -0.2) is 4.79 Å². The summed E-state index contributed by atoms with van der Waals surface area (Å²) in [6, 6.07) is 19.1. The molecule has 254 valence electrons. The van der Waals surface area contributed by atoms with Crippen LogP contribution < -0.4 is 21.7 Å². The van der Waals surface area contributed by atoms with E-state index in [1.54, 1.807) is 12.4 Å². The number of fused-ring (bicyclic) bond motifs is 2. The summed E-state index contributed by atoms with van der Waals surface area (Å²) in [6.07, 6.45) is 2.85. The van der Waals surface area contributed by atoms with E-state index in [4.69, 9.17) is 10.8 Å². The van der Waals surface area contributed by atoms with Crippen molar-refractivity contribution in [3.05, 3.63) is 108 Å². The number of hydrogen-bond acceptors (Lipinski definition) is 6. The van der Waals surface area contributed by atoms with Crippen molar-refractivity contribution >= 4 is 51.5 Å². The number of carboxylic acids is 2. The lowest BCUT2D eigenvalue weighted by molar-refractivity contribution is -0.143. The Kier molecular flexibility index (Phi) is 11.1. The lowest BCUT2D eigenvalue weighted by Crippen LogP contribution is -2.58. The Labute approximate surface area is 281 Å². The van der Waals surface area contributed by atoms with Crippen LogP contribution in [0.2, 0.25) is 0 Å². The fourth-order valence-corrected chi connectivity index (χ4v) is 5.77. The van der Waals surface area contributed by atoms with Gasteiger partial charge in [-0.15, -0.1) is 0 Å². The zero-order chi connectivity index (χ0) is 34.9. The molecule has 3 aromatic carbocycles. The van der Waals surface area contributed by atoms with E-state index in [1.807, 2.05) is 78.9 Å². The number of H-pyrrole nitrogens is 2. The molecule has 9 N–H and O–H groups in total. The normalized spacial score (nSPS) is 13.7. The second kappa shape index (κ2) is 15.8. The molecule has 3 amide bonds. The number of amides is 3. The van der Waals surface area contributed by atoms with Gasteiger partial charge in [0.1, 0.15) is 18.1 Å². The molecule has 0 radical (unpaired) electrons. The molecule has 2 aromatic heterocycles. The van der Waals surface area contributed by atoms with E-state index in [9.17, 15) is 29.1 Å². The summed E-state index contributed by atoms with van der Waals surface area (Å²) < 4.78 is 0. The minimum absolute atomic E-state index is 0.0336. The second-order valence-electron chi connectivity index (χ2n) is 11.9. The fourth-order valence-electron chi connectivity index (χ4n) is 5.77. The summed E-state index contributed by atoms with van der Waals surface area (Å²) in [5.41, 5.74) is 10.2. The van der Waals surface area contributed by atoms with Crippen LogP contribution in [0.25, 0.3) is 21.8 Å². The number of hydrogen-bond donors (Lipinski definition) is 8. The molecule has 0 fully saturated rings. The van der Waals surface area contributed by atoms with Crippen LogP contribution in [0.3, 0.4) is 0 Å². The first-order chi connectivity index (χ1) is 23.6. The van der Waals surface area contributed by atoms with E-state index in [0.29, 0.717) is 5.56 Å². The zero-order valence-electron chi connectivity index (χ0n) is 26.5. The third kappa shape index (κ3) is 8.90. The molecule has 5 aromatic rings. The van der Waals surface area contributed by atoms with Crippen LogP contribution in [0.4, 0.5) is 0 Å². The number of rotatable bonds is 16. The maximum atomic E-state index is 14.1. The van der Waals surface area contributed by atoms with Gasteiger partial charge in [-0.1, -0.05) is 66.7 Å². The van der Waals surface area contributed by atoms with Gasteiger partial charge in [-0.05, 0) is 41.7 Å². The van der Waals surface area contributed by atoms with Crippen LogP contribution in [0, 0.1) is 0 Å². The molecule has 0 aliphatic heterocycles. The van der Waals surface area contributed by atoms with Gasteiger partial charge in [0, 0.05) is 53.5 Å². The number of benzene rings is 3. The van der Waals surface area contributed by atoms with Gasteiger partial charge in [0.2, 0.25) is 17.7 Å². The molecule has 4 unspecified atom stereocenters. The SMILES string of the molecule is NC(Cc1ccccc1)C(=O)NC(Cc1c[nH]c2ccccc12)C(=O)NC(Cc1c[nH]c2ccccc12)C(=O)NC(CCC(=O)O)C(=O)O. The maximum Gasteiger partial charge on any atom is 0.326 e. The van der Waals surface area contributed by atoms with Gasteiger partial charge in [-0.3, -0.25) is 19.2 Å². The number of carbonyl (C=O) groups is 5. The molecule has 13 heteroatoms. The minimum atomic E-state index is -1.51. The van der Waals surface area contributed by atoms with Crippen molar-refractivity contribution in [1.82, 2.24) is 25.9 Å². The number of aromatic nitrogens is 2. The number of carboxylic acid groups (broad SMARTS) is 2. The fraction of sp³-hybridized carbons (Fsp3) is 0.250. The highest BCUT2D eigenvalue weighted by Crippen LogP contribution is 2.21. The van der Waals surface area contributed by atoms with E-state index in [0.717, 1.165) is 32.9 Å². The molecule has 0 saturated carbocycles. The lowest BCUT2D eigenvalue weighted by Gasteiger charge is -2.25. The zero-order valence-corrected chi connectivity index (χ0v) is 26.5. The highest BCUT2D eigenvalue weighted by molar-refractivity contribution is 5.95. The molecule has 5 rings (SSSR count). The molecule has 49 heavy (non-hydrogen) atoms.